The lowest BCUT2D eigenvalue weighted by Crippen LogP contribution is -2.59. The average molecular weight is 467 g/mol. The first-order chi connectivity index (χ1) is 15.4. The highest BCUT2D eigenvalue weighted by atomic mass is 16.3. The van der Waals surface area contributed by atoms with Crippen LogP contribution in [0.25, 0.3) is 0 Å². The lowest BCUT2D eigenvalue weighted by molar-refractivity contribution is -0.150. The van der Waals surface area contributed by atoms with E-state index in [-0.39, 0.29) is 24.2 Å². The molecule has 0 bridgehead atoms. The smallest absolute Gasteiger partial charge is 0.246 e. The Kier molecular flexibility index (Phi) is 11.2. The third kappa shape index (κ3) is 8.29. The fourth-order valence-corrected chi connectivity index (χ4v) is 3.48. The summed E-state index contributed by atoms with van der Waals surface area (Å²) in [6, 6.07) is -2.35. The molecule has 1 aliphatic heterocycles. The molecule has 1 saturated heterocycles. The van der Waals surface area contributed by atoms with Gasteiger partial charge in [0.1, 0.15) is 18.1 Å². The Morgan fingerprint density at radius 3 is 2.30 bits per heavy atom. The number of rotatable bonds is 6. The summed E-state index contributed by atoms with van der Waals surface area (Å²) in [4.78, 5) is 53.9. The fourth-order valence-electron chi connectivity index (χ4n) is 3.48. The van der Waals surface area contributed by atoms with Crippen LogP contribution in [0, 0.1) is 5.92 Å². The van der Waals surface area contributed by atoms with Crippen molar-refractivity contribution in [1.29, 1.82) is 0 Å². The first kappa shape index (κ1) is 28.3. The summed E-state index contributed by atoms with van der Waals surface area (Å²) in [5.74, 6) is -1.76. The highest BCUT2D eigenvalue weighted by Crippen LogP contribution is 2.17. The van der Waals surface area contributed by atoms with Crippen LogP contribution in [-0.2, 0) is 19.2 Å². The van der Waals surface area contributed by atoms with Crippen molar-refractivity contribution < 1.29 is 29.4 Å². The van der Waals surface area contributed by atoms with Crippen molar-refractivity contribution in [1.82, 2.24) is 20.4 Å². The topological polar surface area (TPSA) is 139 Å². The normalized spacial score (nSPS) is 25.7. The molecule has 0 aromatic rings. The Balaban J connectivity index is 3.06. The number of nitrogens with zero attached hydrogens (tertiary/aromatic N) is 2. The molecule has 4 amide bonds. The van der Waals surface area contributed by atoms with E-state index in [4.69, 9.17) is 0 Å². The molecule has 1 rings (SSSR count). The van der Waals surface area contributed by atoms with Gasteiger partial charge in [-0.2, -0.15) is 0 Å². The molecule has 186 valence electrons. The van der Waals surface area contributed by atoms with Gasteiger partial charge in [0.25, 0.3) is 0 Å². The summed E-state index contributed by atoms with van der Waals surface area (Å²) in [5, 5.41) is 24.2. The van der Waals surface area contributed by atoms with E-state index >= 15 is 0 Å². The van der Waals surface area contributed by atoms with Gasteiger partial charge in [-0.3, -0.25) is 19.2 Å². The van der Waals surface area contributed by atoms with E-state index in [1.165, 1.54) is 55.1 Å². The summed E-state index contributed by atoms with van der Waals surface area (Å²) in [6.45, 7) is 7.02. The minimum Gasteiger partial charge on any atom is -0.390 e. The highest BCUT2D eigenvalue weighted by molar-refractivity contribution is 5.96. The van der Waals surface area contributed by atoms with Crippen LogP contribution in [0.5, 0.6) is 0 Å². The van der Waals surface area contributed by atoms with Crippen molar-refractivity contribution in [2.45, 2.75) is 70.9 Å². The van der Waals surface area contributed by atoms with Gasteiger partial charge in [0.05, 0.1) is 12.2 Å². The van der Waals surface area contributed by atoms with Gasteiger partial charge in [-0.1, -0.05) is 32.1 Å². The zero-order valence-electron chi connectivity index (χ0n) is 20.3. The largest absolute Gasteiger partial charge is 0.390 e. The molecule has 4 N–H and O–H groups in total. The SMILES string of the molecule is CC(C)C1C(=O)N(C)[C@@H](C)C(=O)NCCC[C@H](NC(=O)/C=C/C=C/[C@@H](O)[C@H](C)O)C(=O)N1C. The number of aliphatic hydroxyl groups excluding tert-OH is 2. The van der Waals surface area contributed by atoms with Crippen LogP contribution in [-0.4, -0.2) is 94.6 Å². The Labute approximate surface area is 195 Å². The molecule has 1 heterocycles. The van der Waals surface area contributed by atoms with Crippen LogP contribution in [0.15, 0.2) is 24.3 Å². The first-order valence-corrected chi connectivity index (χ1v) is 11.2. The number of likely N-dealkylation sites (N-methyl/N-ethyl adjacent to an activating group) is 2. The number of allylic oxidation sites excluding steroid dienone is 2. The van der Waals surface area contributed by atoms with E-state index < -0.39 is 42.1 Å². The van der Waals surface area contributed by atoms with E-state index in [0.717, 1.165) is 0 Å². The Bertz CT molecular complexity index is 764. The molecule has 0 radical (unpaired) electrons. The standard InChI is InChI=1S/C23H38N4O6/c1-14(2)20-23(33)26(5)15(3)21(31)24-13-9-10-17(22(32)27(20)6)25-19(30)12-8-7-11-18(29)16(4)28/h7-8,11-12,14-18,20,28-29H,9-10,13H2,1-6H3,(H,24,31)(H,25,30)/b11-7+,12-8+/t15-,16-,17-,18+,20?/m0/s1. The van der Waals surface area contributed by atoms with Crippen LogP contribution in [0.3, 0.4) is 0 Å². The van der Waals surface area contributed by atoms with Crippen LogP contribution in [0.1, 0.15) is 40.5 Å². The van der Waals surface area contributed by atoms with Crippen molar-refractivity contribution in [2.24, 2.45) is 5.92 Å². The van der Waals surface area contributed by atoms with Crippen molar-refractivity contribution in [2.75, 3.05) is 20.6 Å². The number of hydrogen-bond donors (Lipinski definition) is 4. The second kappa shape index (κ2) is 13.1. The molecule has 0 aromatic carbocycles. The van der Waals surface area contributed by atoms with Crippen LogP contribution >= 0.6 is 0 Å². The van der Waals surface area contributed by atoms with E-state index in [1.807, 2.05) is 13.8 Å². The summed E-state index contributed by atoms with van der Waals surface area (Å²) in [5.41, 5.74) is 0. The number of carbonyl (C=O) groups is 4. The van der Waals surface area contributed by atoms with Crippen molar-refractivity contribution >= 4 is 23.6 Å². The molecule has 0 saturated carbocycles. The van der Waals surface area contributed by atoms with Gasteiger partial charge in [-0.05, 0) is 32.6 Å². The maximum absolute atomic E-state index is 13.3. The quantitative estimate of drug-likeness (QED) is 0.309. The third-order valence-corrected chi connectivity index (χ3v) is 5.70. The second-order valence-electron chi connectivity index (χ2n) is 8.73. The maximum atomic E-state index is 13.3. The minimum atomic E-state index is -1.05. The Hall–Kier alpha value is -2.72. The Morgan fingerprint density at radius 1 is 1.09 bits per heavy atom. The predicted molar refractivity (Wildman–Crippen MR) is 124 cm³/mol. The molecule has 1 aliphatic rings. The lowest BCUT2D eigenvalue weighted by atomic mass is 9.98. The van der Waals surface area contributed by atoms with Crippen molar-refractivity contribution in [3.05, 3.63) is 24.3 Å². The summed E-state index contributed by atoms with van der Waals surface area (Å²) < 4.78 is 0. The molecule has 0 aromatic heterocycles. The predicted octanol–water partition coefficient (Wildman–Crippen LogP) is -0.435. The first-order valence-electron chi connectivity index (χ1n) is 11.2. The van der Waals surface area contributed by atoms with Crippen LogP contribution < -0.4 is 10.6 Å². The van der Waals surface area contributed by atoms with Gasteiger partial charge in [0, 0.05) is 26.7 Å². The molecular weight excluding hydrogens is 428 g/mol. The van der Waals surface area contributed by atoms with E-state index in [1.54, 1.807) is 6.92 Å². The summed E-state index contributed by atoms with van der Waals surface area (Å²) >= 11 is 0. The van der Waals surface area contributed by atoms with Crippen LogP contribution in [0.4, 0.5) is 0 Å². The second-order valence-corrected chi connectivity index (χ2v) is 8.73. The lowest BCUT2D eigenvalue weighted by Gasteiger charge is -2.37. The summed E-state index contributed by atoms with van der Waals surface area (Å²) in [6.07, 6.45) is 4.10. The van der Waals surface area contributed by atoms with Gasteiger partial charge in [0.15, 0.2) is 0 Å². The van der Waals surface area contributed by atoms with Crippen molar-refractivity contribution in [3.8, 4) is 0 Å². The molecule has 33 heavy (non-hydrogen) atoms. The van der Waals surface area contributed by atoms with Gasteiger partial charge >= 0.3 is 0 Å². The zero-order valence-corrected chi connectivity index (χ0v) is 20.3. The summed E-state index contributed by atoms with van der Waals surface area (Å²) in [7, 11) is 3.07. The number of aliphatic hydroxyl groups is 2. The van der Waals surface area contributed by atoms with Crippen LogP contribution in [0.2, 0.25) is 0 Å². The number of amides is 4. The number of hydrogen-bond acceptors (Lipinski definition) is 6. The fraction of sp³-hybridized carbons (Fsp3) is 0.652. The van der Waals surface area contributed by atoms with Crippen molar-refractivity contribution in [3.63, 3.8) is 0 Å². The third-order valence-electron chi connectivity index (χ3n) is 5.70. The Morgan fingerprint density at radius 2 is 1.73 bits per heavy atom. The average Bonchev–Trinajstić information content (AvgIpc) is 2.75. The number of nitrogens with one attached hydrogen (secondary N) is 2. The highest BCUT2D eigenvalue weighted by Gasteiger charge is 2.37. The molecule has 1 fully saturated rings. The van der Waals surface area contributed by atoms with E-state index in [2.05, 4.69) is 10.6 Å². The zero-order chi connectivity index (χ0) is 25.3. The minimum absolute atomic E-state index is 0.214. The van der Waals surface area contributed by atoms with Gasteiger partial charge in [-0.25, -0.2) is 0 Å². The van der Waals surface area contributed by atoms with Gasteiger partial charge in [-0.15, -0.1) is 0 Å². The van der Waals surface area contributed by atoms with E-state index in [9.17, 15) is 29.4 Å². The van der Waals surface area contributed by atoms with Gasteiger partial charge in [0.2, 0.25) is 23.6 Å². The molecule has 0 aliphatic carbocycles. The monoisotopic (exact) mass is 466 g/mol. The molecule has 1 unspecified atom stereocenters. The number of carbonyl (C=O) groups excluding carboxylic acids is 4. The van der Waals surface area contributed by atoms with Gasteiger partial charge < -0.3 is 30.6 Å². The molecule has 10 heteroatoms. The van der Waals surface area contributed by atoms with E-state index in [0.29, 0.717) is 13.0 Å². The maximum Gasteiger partial charge on any atom is 0.246 e. The molecular formula is C23H38N4O6. The molecule has 0 spiro atoms. The molecule has 10 nitrogen and oxygen atoms in total. The molecule has 5 atom stereocenters.